The van der Waals surface area contributed by atoms with Crippen molar-refractivity contribution in [2.45, 2.75) is 71.8 Å². The maximum absolute atomic E-state index is 12.4. The van der Waals surface area contributed by atoms with Crippen LogP contribution in [0.15, 0.2) is 18.2 Å². The molecule has 2 fully saturated rings. The highest BCUT2D eigenvalue weighted by Crippen LogP contribution is 2.22. The van der Waals surface area contributed by atoms with Crippen LogP contribution in [0.25, 0.3) is 0 Å². The molecule has 2 aliphatic heterocycles. The topological polar surface area (TPSA) is 83.1 Å². The van der Waals surface area contributed by atoms with Gasteiger partial charge in [0.2, 0.25) is 0 Å². The van der Waals surface area contributed by atoms with E-state index in [1.165, 1.54) is 12.8 Å². The third-order valence-electron chi connectivity index (χ3n) is 6.09. The molecule has 3 rings (SSSR count). The summed E-state index contributed by atoms with van der Waals surface area (Å²) < 4.78 is 11.1. The zero-order chi connectivity index (χ0) is 22.2. The minimum Gasteiger partial charge on any atom is -0.430 e. The number of hydrogen-bond acceptors (Lipinski definition) is 6. The van der Waals surface area contributed by atoms with E-state index in [-0.39, 0.29) is 12.5 Å². The van der Waals surface area contributed by atoms with Crippen molar-refractivity contribution in [2.24, 2.45) is 0 Å². The summed E-state index contributed by atoms with van der Waals surface area (Å²) in [5, 5.41) is 5.56. The second kappa shape index (κ2) is 11.3. The minimum absolute atomic E-state index is 0.269. The molecule has 2 atom stereocenters. The highest BCUT2D eigenvalue weighted by atomic mass is 16.6. The van der Waals surface area contributed by atoms with Gasteiger partial charge in [0, 0.05) is 37.6 Å². The van der Waals surface area contributed by atoms with Gasteiger partial charge < -0.3 is 9.47 Å². The lowest BCUT2D eigenvalue weighted by atomic mass is 10.1. The fraction of sp³-hybridized carbons (Fsp3) is 0.652. The van der Waals surface area contributed by atoms with Crippen LogP contribution in [-0.2, 0) is 9.47 Å². The molecule has 0 unspecified atom stereocenters. The number of amides is 2. The molecule has 0 spiro atoms. The van der Waals surface area contributed by atoms with Gasteiger partial charge in [-0.1, -0.05) is 18.9 Å². The Hall–Kier alpha value is -2.32. The lowest BCUT2D eigenvalue weighted by molar-refractivity contribution is -0.00497. The lowest BCUT2D eigenvalue weighted by Gasteiger charge is -2.31. The van der Waals surface area contributed by atoms with Gasteiger partial charge in [0.15, 0.2) is 12.5 Å². The van der Waals surface area contributed by atoms with Crippen molar-refractivity contribution >= 4 is 23.6 Å². The number of piperidine rings is 2. The normalized spacial score (nSPS) is 19.8. The molecule has 8 heteroatoms. The zero-order valence-corrected chi connectivity index (χ0v) is 19.0. The van der Waals surface area contributed by atoms with Gasteiger partial charge in [-0.15, -0.1) is 0 Å². The quantitative estimate of drug-likeness (QED) is 0.675. The first-order chi connectivity index (χ1) is 14.9. The Bertz CT molecular complexity index is 745. The van der Waals surface area contributed by atoms with Gasteiger partial charge in [0.05, 0.1) is 0 Å². The van der Waals surface area contributed by atoms with Crippen LogP contribution in [-0.4, -0.2) is 60.6 Å². The molecule has 2 aliphatic rings. The van der Waals surface area contributed by atoms with E-state index in [1.54, 1.807) is 12.1 Å². The third kappa shape index (κ3) is 7.11. The summed E-state index contributed by atoms with van der Waals surface area (Å²) in [6, 6.07) is 5.34. The van der Waals surface area contributed by atoms with E-state index in [9.17, 15) is 9.59 Å². The number of likely N-dealkylation sites (tertiary alicyclic amines) is 2. The Morgan fingerprint density at radius 1 is 0.806 bits per heavy atom. The second-order valence-electron chi connectivity index (χ2n) is 8.48. The molecule has 8 nitrogen and oxygen atoms in total. The second-order valence-corrected chi connectivity index (χ2v) is 8.48. The summed E-state index contributed by atoms with van der Waals surface area (Å²) in [6.45, 7) is 9.48. The van der Waals surface area contributed by atoms with Crippen LogP contribution in [0, 0.1) is 6.92 Å². The smallest absolute Gasteiger partial charge is 0.413 e. The van der Waals surface area contributed by atoms with Crippen molar-refractivity contribution in [2.75, 3.05) is 36.8 Å². The van der Waals surface area contributed by atoms with E-state index in [1.807, 2.05) is 26.8 Å². The fourth-order valence-corrected chi connectivity index (χ4v) is 4.14. The molecule has 0 aliphatic carbocycles. The number of aryl methyl sites for hydroxylation is 1. The maximum atomic E-state index is 12.4. The van der Waals surface area contributed by atoms with E-state index in [0.29, 0.717) is 11.4 Å². The Kier molecular flexibility index (Phi) is 8.54. The molecule has 0 saturated carbocycles. The van der Waals surface area contributed by atoms with Crippen molar-refractivity contribution in [1.82, 2.24) is 9.80 Å². The number of nitrogens with zero attached hydrogens (tertiary/aromatic N) is 2. The standard InChI is InChI=1S/C23H36N4O4/c1-17-10-11-20(24-22(28)30-18(2)26-12-6-4-7-13-26)16-21(17)25-23(29)31-19(3)27-14-8-5-9-15-27/h10-11,16,18-19H,4-9,12-15H2,1-3H3,(H,24,28)(H,25,29)/t18-,19-/m0/s1. The first-order valence-electron chi connectivity index (χ1n) is 11.5. The number of benzene rings is 1. The van der Waals surface area contributed by atoms with Gasteiger partial charge in [-0.25, -0.2) is 9.59 Å². The molecular weight excluding hydrogens is 396 g/mol. The van der Waals surface area contributed by atoms with E-state index >= 15 is 0 Å². The highest BCUT2D eigenvalue weighted by molar-refractivity contribution is 5.89. The molecular formula is C23H36N4O4. The van der Waals surface area contributed by atoms with Gasteiger partial charge in [-0.3, -0.25) is 20.4 Å². The minimum atomic E-state index is -0.505. The van der Waals surface area contributed by atoms with Gasteiger partial charge >= 0.3 is 12.2 Å². The molecule has 31 heavy (non-hydrogen) atoms. The summed E-state index contributed by atoms with van der Waals surface area (Å²) in [5.74, 6) is 0. The van der Waals surface area contributed by atoms with E-state index in [2.05, 4.69) is 20.4 Å². The van der Waals surface area contributed by atoms with Crippen LogP contribution in [0.1, 0.15) is 57.9 Å². The van der Waals surface area contributed by atoms with Crippen molar-refractivity contribution in [1.29, 1.82) is 0 Å². The summed E-state index contributed by atoms with van der Waals surface area (Å²) in [4.78, 5) is 29.1. The molecule has 2 heterocycles. The van der Waals surface area contributed by atoms with Gasteiger partial charge in [0.25, 0.3) is 0 Å². The number of ether oxygens (including phenoxy) is 2. The average Bonchev–Trinajstić information content (AvgIpc) is 2.77. The SMILES string of the molecule is Cc1ccc(NC(=O)O[C@@H](C)N2CCCCC2)cc1NC(=O)O[C@@H](C)N1CCCCC1. The summed E-state index contributed by atoms with van der Waals surface area (Å²) >= 11 is 0. The van der Waals surface area contributed by atoms with E-state index in [0.717, 1.165) is 57.4 Å². The molecule has 2 saturated heterocycles. The number of carbonyl (C=O) groups excluding carboxylic acids is 2. The molecule has 0 bridgehead atoms. The number of nitrogens with one attached hydrogen (secondary N) is 2. The molecule has 2 N–H and O–H groups in total. The van der Waals surface area contributed by atoms with Gasteiger partial charge in [0.1, 0.15) is 0 Å². The largest absolute Gasteiger partial charge is 0.430 e. The van der Waals surface area contributed by atoms with Crippen LogP contribution in [0.4, 0.5) is 21.0 Å². The van der Waals surface area contributed by atoms with Crippen LogP contribution >= 0.6 is 0 Å². The van der Waals surface area contributed by atoms with Crippen LogP contribution < -0.4 is 10.6 Å². The summed E-state index contributed by atoms with van der Waals surface area (Å²) in [7, 11) is 0. The van der Waals surface area contributed by atoms with Crippen LogP contribution in [0.3, 0.4) is 0 Å². The maximum Gasteiger partial charge on any atom is 0.413 e. The van der Waals surface area contributed by atoms with E-state index in [4.69, 9.17) is 9.47 Å². The fourth-order valence-electron chi connectivity index (χ4n) is 4.14. The number of anilines is 2. The van der Waals surface area contributed by atoms with E-state index < -0.39 is 12.2 Å². The highest BCUT2D eigenvalue weighted by Gasteiger charge is 2.21. The predicted molar refractivity (Wildman–Crippen MR) is 121 cm³/mol. The summed E-state index contributed by atoms with van der Waals surface area (Å²) in [5.41, 5.74) is 2.03. The van der Waals surface area contributed by atoms with Crippen molar-refractivity contribution in [3.05, 3.63) is 23.8 Å². The Labute approximate surface area is 185 Å². The molecule has 1 aromatic rings. The van der Waals surface area contributed by atoms with Crippen molar-refractivity contribution in [3.63, 3.8) is 0 Å². The van der Waals surface area contributed by atoms with Crippen LogP contribution in [0.2, 0.25) is 0 Å². The lowest BCUT2D eigenvalue weighted by Crippen LogP contribution is -2.41. The van der Waals surface area contributed by atoms with Crippen molar-refractivity contribution < 1.29 is 19.1 Å². The first kappa shape index (κ1) is 23.3. The Morgan fingerprint density at radius 2 is 1.29 bits per heavy atom. The number of carbonyl (C=O) groups is 2. The number of hydrogen-bond donors (Lipinski definition) is 2. The Morgan fingerprint density at radius 3 is 1.81 bits per heavy atom. The third-order valence-corrected chi connectivity index (χ3v) is 6.09. The van der Waals surface area contributed by atoms with Crippen molar-refractivity contribution in [3.8, 4) is 0 Å². The summed E-state index contributed by atoms with van der Waals surface area (Å²) in [6.07, 6.45) is 5.45. The average molecular weight is 433 g/mol. The molecule has 0 radical (unpaired) electrons. The Balaban J connectivity index is 1.51. The predicted octanol–water partition coefficient (Wildman–Crippen LogP) is 4.76. The first-order valence-corrected chi connectivity index (χ1v) is 11.5. The zero-order valence-electron chi connectivity index (χ0n) is 19.0. The van der Waals surface area contributed by atoms with Gasteiger partial charge in [-0.2, -0.15) is 0 Å². The van der Waals surface area contributed by atoms with Gasteiger partial charge in [-0.05, 0) is 64.2 Å². The number of rotatable bonds is 6. The monoisotopic (exact) mass is 432 g/mol. The molecule has 2 amide bonds. The molecule has 1 aromatic carbocycles. The van der Waals surface area contributed by atoms with Crippen LogP contribution in [0.5, 0.6) is 0 Å². The molecule has 172 valence electrons. The molecule has 0 aromatic heterocycles.